The van der Waals surface area contributed by atoms with Gasteiger partial charge in [0.2, 0.25) is 0 Å². The van der Waals surface area contributed by atoms with Gasteiger partial charge in [-0.05, 0) is 61.6 Å². The highest BCUT2D eigenvalue weighted by Gasteiger charge is 2.23. The van der Waals surface area contributed by atoms with Gasteiger partial charge >= 0.3 is 6.03 Å². The highest BCUT2D eigenvalue weighted by Crippen LogP contribution is 2.36. The Morgan fingerprint density at radius 1 is 1.04 bits per heavy atom. The fourth-order valence-corrected chi connectivity index (χ4v) is 4.52. The van der Waals surface area contributed by atoms with Gasteiger partial charge in [-0.1, -0.05) is 30.3 Å². The number of rotatable bonds is 2. The van der Waals surface area contributed by atoms with Gasteiger partial charge in [0.1, 0.15) is 0 Å². The van der Waals surface area contributed by atoms with Gasteiger partial charge in [0.05, 0.1) is 0 Å². The van der Waals surface area contributed by atoms with E-state index in [1.807, 2.05) is 28.8 Å². The number of thioether (sulfide) groups is 1. The van der Waals surface area contributed by atoms with Crippen LogP contribution in [-0.2, 0) is 0 Å². The van der Waals surface area contributed by atoms with E-state index in [1.165, 1.54) is 22.3 Å². The van der Waals surface area contributed by atoms with Crippen molar-refractivity contribution in [3.8, 4) is 0 Å². The summed E-state index contributed by atoms with van der Waals surface area (Å²) in [4.78, 5) is 14.6. The number of benzene rings is 2. The molecule has 1 aliphatic rings. The molecule has 1 heterocycles. The van der Waals surface area contributed by atoms with Gasteiger partial charge in [0, 0.05) is 29.8 Å². The van der Waals surface area contributed by atoms with Gasteiger partial charge < -0.3 is 10.2 Å². The Bertz CT molecular complexity index is 759. The number of carbonyl (C=O) groups excluding carboxylic acids is 1. The molecule has 4 heteroatoms. The van der Waals surface area contributed by atoms with Crippen LogP contribution in [0.3, 0.4) is 0 Å². The Hall–Kier alpha value is -1.94. The van der Waals surface area contributed by atoms with Crippen LogP contribution in [0.1, 0.15) is 33.9 Å². The smallest absolute Gasteiger partial charge is 0.321 e. The molecule has 0 aromatic heterocycles. The molecule has 0 bridgehead atoms. The van der Waals surface area contributed by atoms with E-state index in [2.05, 4.69) is 56.4 Å². The second-order valence-corrected chi connectivity index (χ2v) is 8.03. The Morgan fingerprint density at radius 3 is 2.60 bits per heavy atom. The van der Waals surface area contributed by atoms with E-state index in [-0.39, 0.29) is 6.03 Å². The third-order valence-corrected chi connectivity index (χ3v) is 6.23. The molecule has 1 fully saturated rings. The van der Waals surface area contributed by atoms with Crippen molar-refractivity contribution in [3.63, 3.8) is 0 Å². The van der Waals surface area contributed by atoms with Crippen LogP contribution < -0.4 is 5.32 Å². The lowest BCUT2D eigenvalue weighted by molar-refractivity contribution is 0.215. The molecule has 1 saturated heterocycles. The molecule has 0 saturated carbocycles. The summed E-state index contributed by atoms with van der Waals surface area (Å²) in [7, 11) is 0. The summed E-state index contributed by atoms with van der Waals surface area (Å²) in [6.45, 7) is 7.91. The van der Waals surface area contributed by atoms with E-state index in [0.29, 0.717) is 5.25 Å². The van der Waals surface area contributed by atoms with E-state index in [9.17, 15) is 4.79 Å². The number of aryl methyl sites for hydroxylation is 3. The summed E-state index contributed by atoms with van der Waals surface area (Å²) in [5.41, 5.74) is 6.06. The Labute approximate surface area is 154 Å². The summed E-state index contributed by atoms with van der Waals surface area (Å²) >= 11 is 1.96. The summed E-state index contributed by atoms with van der Waals surface area (Å²) < 4.78 is 0. The molecule has 0 spiro atoms. The third-order valence-electron chi connectivity index (χ3n) is 4.92. The second kappa shape index (κ2) is 7.96. The normalized spacial score (nSPS) is 17.9. The Morgan fingerprint density at radius 2 is 1.84 bits per heavy atom. The van der Waals surface area contributed by atoms with Crippen molar-refractivity contribution < 1.29 is 4.79 Å². The molecule has 0 aliphatic carbocycles. The van der Waals surface area contributed by atoms with Gasteiger partial charge in [-0.2, -0.15) is 11.8 Å². The Kier molecular flexibility index (Phi) is 5.69. The van der Waals surface area contributed by atoms with Crippen molar-refractivity contribution in [1.82, 2.24) is 4.90 Å². The number of nitrogens with zero attached hydrogens (tertiary/aromatic N) is 1. The van der Waals surface area contributed by atoms with Crippen molar-refractivity contribution >= 4 is 23.5 Å². The van der Waals surface area contributed by atoms with Crippen LogP contribution >= 0.6 is 11.8 Å². The first-order valence-electron chi connectivity index (χ1n) is 8.85. The highest BCUT2D eigenvalue weighted by molar-refractivity contribution is 7.99. The van der Waals surface area contributed by atoms with Gasteiger partial charge in [0.25, 0.3) is 0 Å². The molecule has 0 radical (unpaired) electrons. The molecular weight excluding hydrogens is 328 g/mol. The molecule has 1 N–H and O–H groups in total. The van der Waals surface area contributed by atoms with Gasteiger partial charge in [-0.15, -0.1) is 0 Å². The SMILES string of the molecule is Cc1ccc(NC(=O)N2CCSC(c3ccccc3C)CC2)cc1C. The minimum absolute atomic E-state index is 0.00860. The summed E-state index contributed by atoms with van der Waals surface area (Å²) in [5, 5.41) is 3.52. The number of hydrogen-bond acceptors (Lipinski definition) is 2. The standard InChI is InChI=1S/C21H26N2OS/c1-15-8-9-18(14-17(15)3)22-21(24)23-11-10-20(25-13-12-23)19-7-5-4-6-16(19)2/h4-9,14,20H,10-13H2,1-3H3,(H,22,24). The summed E-state index contributed by atoms with van der Waals surface area (Å²) in [6.07, 6.45) is 0.996. The number of amides is 2. The lowest BCUT2D eigenvalue weighted by Gasteiger charge is -2.21. The van der Waals surface area contributed by atoms with Crippen LogP contribution in [0.2, 0.25) is 0 Å². The fourth-order valence-electron chi connectivity index (χ4n) is 3.19. The van der Waals surface area contributed by atoms with Crippen LogP contribution in [-0.4, -0.2) is 29.8 Å². The lowest BCUT2D eigenvalue weighted by atomic mass is 10.0. The largest absolute Gasteiger partial charge is 0.324 e. The molecule has 1 unspecified atom stereocenters. The van der Waals surface area contributed by atoms with Gasteiger partial charge in [-0.3, -0.25) is 0 Å². The fraction of sp³-hybridized carbons (Fsp3) is 0.381. The number of hydrogen-bond donors (Lipinski definition) is 1. The number of nitrogens with one attached hydrogen (secondary N) is 1. The van der Waals surface area contributed by atoms with Crippen molar-refractivity contribution in [2.45, 2.75) is 32.4 Å². The predicted molar refractivity (Wildman–Crippen MR) is 108 cm³/mol. The van der Waals surface area contributed by atoms with E-state index >= 15 is 0 Å². The topological polar surface area (TPSA) is 32.3 Å². The zero-order valence-corrected chi connectivity index (χ0v) is 16.0. The van der Waals surface area contributed by atoms with Crippen LogP contribution in [0.25, 0.3) is 0 Å². The average molecular weight is 355 g/mol. The third kappa shape index (κ3) is 4.37. The molecule has 1 atom stereocenters. The molecule has 1 aliphatic heterocycles. The maximum absolute atomic E-state index is 12.6. The zero-order valence-electron chi connectivity index (χ0n) is 15.2. The van der Waals surface area contributed by atoms with Crippen molar-refractivity contribution in [2.24, 2.45) is 0 Å². The van der Waals surface area contributed by atoms with Crippen LogP contribution in [0, 0.1) is 20.8 Å². The summed E-state index contributed by atoms with van der Waals surface area (Å²) in [5.74, 6) is 0.972. The second-order valence-electron chi connectivity index (χ2n) is 6.72. The number of carbonyl (C=O) groups is 1. The van der Waals surface area contributed by atoms with Crippen molar-refractivity contribution in [3.05, 3.63) is 64.7 Å². The van der Waals surface area contributed by atoms with E-state index in [4.69, 9.17) is 0 Å². The minimum Gasteiger partial charge on any atom is -0.324 e. The van der Waals surface area contributed by atoms with Gasteiger partial charge in [-0.25, -0.2) is 4.79 Å². The Balaban J connectivity index is 1.63. The van der Waals surface area contributed by atoms with Crippen LogP contribution in [0.5, 0.6) is 0 Å². The monoisotopic (exact) mass is 354 g/mol. The molecule has 25 heavy (non-hydrogen) atoms. The molecule has 2 amide bonds. The average Bonchev–Trinajstić information content (AvgIpc) is 2.85. The van der Waals surface area contributed by atoms with E-state index < -0.39 is 0 Å². The van der Waals surface area contributed by atoms with Crippen molar-refractivity contribution in [2.75, 3.05) is 24.2 Å². The van der Waals surface area contributed by atoms with E-state index in [1.54, 1.807) is 0 Å². The number of anilines is 1. The molecule has 132 valence electrons. The minimum atomic E-state index is 0.00860. The van der Waals surface area contributed by atoms with E-state index in [0.717, 1.165) is 31.0 Å². The first kappa shape index (κ1) is 17.9. The first-order valence-corrected chi connectivity index (χ1v) is 9.90. The zero-order chi connectivity index (χ0) is 17.8. The van der Waals surface area contributed by atoms with Crippen LogP contribution in [0.4, 0.5) is 10.5 Å². The highest BCUT2D eigenvalue weighted by atomic mass is 32.2. The molecule has 3 rings (SSSR count). The quantitative estimate of drug-likeness (QED) is 0.791. The molecule has 3 nitrogen and oxygen atoms in total. The number of urea groups is 1. The van der Waals surface area contributed by atoms with Gasteiger partial charge in [0.15, 0.2) is 0 Å². The predicted octanol–water partition coefficient (Wildman–Crippen LogP) is 5.32. The maximum atomic E-state index is 12.6. The first-order chi connectivity index (χ1) is 12.0. The van der Waals surface area contributed by atoms with Crippen LogP contribution in [0.15, 0.2) is 42.5 Å². The van der Waals surface area contributed by atoms with Crippen molar-refractivity contribution in [1.29, 1.82) is 0 Å². The summed E-state index contributed by atoms with van der Waals surface area (Å²) in [6, 6.07) is 14.7. The molecule has 2 aromatic rings. The molecular formula is C21H26N2OS. The maximum Gasteiger partial charge on any atom is 0.321 e. The molecule has 2 aromatic carbocycles. The lowest BCUT2D eigenvalue weighted by Crippen LogP contribution is -2.36.